The van der Waals surface area contributed by atoms with E-state index in [9.17, 15) is 4.79 Å². The highest BCUT2D eigenvalue weighted by molar-refractivity contribution is 5.76. The van der Waals surface area contributed by atoms with Gasteiger partial charge in [0.2, 0.25) is 0 Å². The summed E-state index contributed by atoms with van der Waals surface area (Å²) >= 11 is 0. The minimum absolute atomic E-state index is 0.470. The first-order valence-electron chi connectivity index (χ1n) is 2.75. The van der Waals surface area contributed by atoms with E-state index in [1.165, 1.54) is 6.08 Å². The lowest BCUT2D eigenvalue weighted by Crippen LogP contribution is -1.85. The van der Waals surface area contributed by atoms with Crippen molar-refractivity contribution in [1.82, 2.24) is 10.2 Å². The Morgan fingerprint density at radius 3 is 3.00 bits per heavy atom. The van der Waals surface area contributed by atoms with E-state index in [0.717, 1.165) is 5.56 Å². The first kappa shape index (κ1) is 6.54. The summed E-state index contributed by atoms with van der Waals surface area (Å²) < 4.78 is 0. The molecule has 4 heteroatoms. The molecule has 0 saturated carbocycles. The van der Waals surface area contributed by atoms with Crippen molar-refractivity contribution in [3.63, 3.8) is 0 Å². The molecule has 1 aromatic rings. The molecule has 0 atom stereocenters. The van der Waals surface area contributed by atoms with E-state index in [1.807, 2.05) is 0 Å². The number of nitrogens with one attached hydrogen (secondary N) is 1. The predicted octanol–water partition coefficient (Wildman–Crippen LogP) is 0.204. The number of aldehydes is 1. The van der Waals surface area contributed by atoms with Crippen LogP contribution in [0, 0.1) is 0 Å². The summed E-state index contributed by atoms with van der Waals surface area (Å²) in [6.07, 6.45) is 5.19. The summed E-state index contributed by atoms with van der Waals surface area (Å²) in [4.78, 5) is 9.85. The number of carbonyl (C=O) groups is 1. The van der Waals surface area contributed by atoms with E-state index in [0.29, 0.717) is 12.1 Å². The van der Waals surface area contributed by atoms with E-state index in [2.05, 4.69) is 10.2 Å². The summed E-state index contributed by atoms with van der Waals surface area (Å²) in [6, 6.07) is 0. The van der Waals surface area contributed by atoms with Crippen LogP contribution in [0.3, 0.4) is 0 Å². The third kappa shape index (κ3) is 1.22. The van der Waals surface area contributed by atoms with Crippen LogP contribution in [0.4, 0.5) is 5.82 Å². The van der Waals surface area contributed by atoms with Gasteiger partial charge in [0.15, 0.2) is 0 Å². The molecule has 0 bridgehead atoms. The van der Waals surface area contributed by atoms with E-state index in [1.54, 1.807) is 12.3 Å². The predicted molar refractivity (Wildman–Crippen MR) is 38.1 cm³/mol. The fraction of sp³-hybridized carbons (Fsp3) is 0. The van der Waals surface area contributed by atoms with Gasteiger partial charge in [0.25, 0.3) is 0 Å². The molecule has 1 aromatic heterocycles. The van der Waals surface area contributed by atoms with Crippen LogP contribution in [0.1, 0.15) is 5.56 Å². The molecule has 52 valence electrons. The summed E-state index contributed by atoms with van der Waals surface area (Å²) in [7, 11) is 0. The lowest BCUT2D eigenvalue weighted by molar-refractivity contribution is -0.104. The lowest BCUT2D eigenvalue weighted by Gasteiger charge is -1.83. The second-order valence-electron chi connectivity index (χ2n) is 1.73. The zero-order valence-corrected chi connectivity index (χ0v) is 5.24. The summed E-state index contributed by atoms with van der Waals surface area (Å²) in [5, 5.41) is 6.20. The minimum atomic E-state index is 0.470. The van der Waals surface area contributed by atoms with Gasteiger partial charge in [-0.1, -0.05) is 0 Å². The van der Waals surface area contributed by atoms with Crippen LogP contribution in [0.2, 0.25) is 0 Å². The Bertz CT molecular complexity index is 251. The number of aromatic amines is 1. The highest BCUT2D eigenvalue weighted by atomic mass is 16.1. The van der Waals surface area contributed by atoms with E-state index in [-0.39, 0.29) is 0 Å². The van der Waals surface area contributed by atoms with Crippen LogP contribution in [0.25, 0.3) is 6.08 Å². The number of nitrogen functional groups attached to an aromatic ring is 1. The fourth-order valence-electron chi connectivity index (χ4n) is 0.581. The first-order valence-corrected chi connectivity index (χ1v) is 2.75. The maximum Gasteiger partial charge on any atom is 0.142 e. The van der Waals surface area contributed by atoms with Crippen molar-refractivity contribution < 1.29 is 4.79 Å². The van der Waals surface area contributed by atoms with Crippen molar-refractivity contribution in [2.45, 2.75) is 0 Å². The molecule has 0 aliphatic carbocycles. The smallest absolute Gasteiger partial charge is 0.142 e. The Kier molecular flexibility index (Phi) is 1.84. The van der Waals surface area contributed by atoms with Gasteiger partial charge in [-0.3, -0.25) is 9.89 Å². The standard InChI is InChI=1S/C6H7N3O/c7-6-5(2-1-3-10)4-8-9-6/h1-4H,(H3,7,8,9). The third-order valence-corrected chi connectivity index (χ3v) is 1.05. The average molecular weight is 137 g/mol. The lowest BCUT2D eigenvalue weighted by atomic mass is 10.3. The van der Waals surface area contributed by atoms with Gasteiger partial charge < -0.3 is 5.73 Å². The molecule has 0 spiro atoms. The second-order valence-corrected chi connectivity index (χ2v) is 1.73. The Hall–Kier alpha value is -1.58. The zero-order chi connectivity index (χ0) is 7.40. The van der Waals surface area contributed by atoms with E-state index >= 15 is 0 Å². The molecule has 4 nitrogen and oxygen atoms in total. The molecule has 0 radical (unpaired) electrons. The van der Waals surface area contributed by atoms with Gasteiger partial charge in [-0.15, -0.1) is 0 Å². The number of anilines is 1. The molecular weight excluding hydrogens is 130 g/mol. The first-order chi connectivity index (χ1) is 4.84. The second kappa shape index (κ2) is 2.82. The molecular formula is C6H7N3O. The number of rotatable bonds is 2. The number of aromatic nitrogens is 2. The molecule has 0 fully saturated rings. The zero-order valence-electron chi connectivity index (χ0n) is 5.24. The van der Waals surface area contributed by atoms with Crippen LogP contribution >= 0.6 is 0 Å². The van der Waals surface area contributed by atoms with Gasteiger partial charge in [0, 0.05) is 5.56 Å². The van der Waals surface area contributed by atoms with Gasteiger partial charge in [-0.25, -0.2) is 0 Å². The summed E-state index contributed by atoms with van der Waals surface area (Å²) in [5.41, 5.74) is 6.12. The Balaban J connectivity index is 2.83. The molecule has 1 heterocycles. The van der Waals surface area contributed by atoms with Crippen LogP contribution in [-0.4, -0.2) is 16.5 Å². The highest BCUT2D eigenvalue weighted by Crippen LogP contribution is 2.06. The third-order valence-electron chi connectivity index (χ3n) is 1.05. The molecule has 0 unspecified atom stereocenters. The number of carbonyl (C=O) groups excluding carboxylic acids is 1. The molecule has 10 heavy (non-hydrogen) atoms. The summed E-state index contributed by atoms with van der Waals surface area (Å²) in [5.74, 6) is 0.470. The minimum Gasteiger partial charge on any atom is -0.384 e. The summed E-state index contributed by atoms with van der Waals surface area (Å²) in [6.45, 7) is 0. The van der Waals surface area contributed by atoms with Crippen LogP contribution in [0.15, 0.2) is 12.3 Å². The number of H-pyrrole nitrogens is 1. The average Bonchev–Trinajstić information content (AvgIpc) is 2.31. The number of nitrogens with two attached hydrogens (primary N) is 1. The van der Waals surface area contributed by atoms with Crippen molar-refractivity contribution in [1.29, 1.82) is 0 Å². The molecule has 0 saturated heterocycles. The maximum absolute atomic E-state index is 9.85. The number of hydrogen-bond donors (Lipinski definition) is 2. The van der Waals surface area contributed by atoms with Crippen LogP contribution in [0.5, 0.6) is 0 Å². The SMILES string of the molecule is Nc1[nH]ncc1C=CC=O. The van der Waals surface area contributed by atoms with Gasteiger partial charge >= 0.3 is 0 Å². The van der Waals surface area contributed by atoms with E-state index in [4.69, 9.17) is 5.73 Å². The van der Waals surface area contributed by atoms with Crippen molar-refractivity contribution >= 4 is 18.2 Å². The van der Waals surface area contributed by atoms with E-state index < -0.39 is 0 Å². The van der Waals surface area contributed by atoms with Gasteiger partial charge in [0.05, 0.1) is 6.20 Å². The Labute approximate surface area is 57.7 Å². The van der Waals surface area contributed by atoms with Crippen molar-refractivity contribution in [2.24, 2.45) is 0 Å². The highest BCUT2D eigenvalue weighted by Gasteiger charge is 1.92. The van der Waals surface area contributed by atoms with Crippen molar-refractivity contribution in [3.8, 4) is 0 Å². The largest absolute Gasteiger partial charge is 0.384 e. The van der Waals surface area contributed by atoms with Crippen LogP contribution < -0.4 is 5.73 Å². The molecule has 3 N–H and O–H groups in total. The van der Waals surface area contributed by atoms with Gasteiger partial charge in [-0.05, 0) is 12.2 Å². The van der Waals surface area contributed by atoms with Gasteiger partial charge in [-0.2, -0.15) is 5.10 Å². The molecule has 0 amide bonds. The molecule has 0 aliphatic heterocycles. The number of allylic oxidation sites excluding steroid dienone is 1. The topological polar surface area (TPSA) is 71.8 Å². The number of hydrogen-bond acceptors (Lipinski definition) is 3. The fourth-order valence-corrected chi connectivity index (χ4v) is 0.581. The molecule has 0 aliphatic rings. The monoisotopic (exact) mass is 137 g/mol. The quantitative estimate of drug-likeness (QED) is 0.452. The van der Waals surface area contributed by atoms with Crippen molar-refractivity contribution in [3.05, 3.63) is 17.8 Å². The number of nitrogens with zero attached hydrogens (tertiary/aromatic N) is 1. The Morgan fingerprint density at radius 2 is 2.50 bits per heavy atom. The maximum atomic E-state index is 9.85. The normalized spacial score (nSPS) is 10.4. The van der Waals surface area contributed by atoms with Crippen molar-refractivity contribution in [2.75, 3.05) is 5.73 Å². The van der Waals surface area contributed by atoms with Gasteiger partial charge in [0.1, 0.15) is 12.1 Å². The molecule has 0 aromatic carbocycles. The Morgan fingerprint density at radius 1 is 1.70 bits per heavy atom. The van der Waals surface area contributed by atoms with Crippen LogP contribution in [-0.2, 0) is 4.79 Å². The molecule has 1 rings (SSSR count).